The summed E-state index contributed by atoms with van der Waals surface area (Å²) >= 11 is 0. The Morgan fingerprint density at radius 1 is 1.69 bits per heavy atom. The molecule has 0 unspecified atom stereocenters. The first-order valence-corrected chi connectivity index (χ1v) is 3.61. The van der Waals surface area contributed by atoms with Crippen molar-refractivity contribution < 1.29 is 9.52 Å². The van der Waals surface area contributed by atoms with Gasteiger partial charge in [-0.05, 0) is 0 Å². The highest BCUT2D eigenvalue weighted by molar-refractivity contribution is 5.46. The molecule has 0 saturated carbocycles. The summed E-state index contributed by atoms with van der Waals surface area (Å²) in [5.41, 5.74) is -0.234. The predicted octanol–water partition coefficient (Wildman–Crippen LogP) is 0.415. The first kappa shape index (κ1) is 9.20. The second kappa shape index (κ2) is 3.68. The molecular formula is C9H9NO3. The number of hydrogen-bond donors (Lipinski definition) is 1. The van der Waals surface area contributed by atoms with Crippen molar-refractivity contribution in [1.29, 1.82) is 0 Å². The standard InChI is InChI=1S/C9H9NO3/c1-3-4-10(2)7-5-13-6-8(11)9(7)12/h1,5-6,11H,4H2,2H3. The lowest BCUT2D eigenvalue weighted by Crippen LogP contribution is -2.23. The largest absolute Gasteiger partial charge is 0.502 e. The Bertz CT molecular complexity index is 389. The molecule has 0 amide bonds. The normalized spacial score (nSPS) is 9.23. The summed E-state index contributed by atoms with van der Waals surface area (Å²) < 4.78 is 4.73. The molecule has 0 fully saturated rings. The van der Waals surface area contributed by atoms with E-state index in [2.05, 4.69) is 5.92 Å². The lowest BCUT2D eigenvalue weighted by molar-refractivity contribution is 0.429. The van der Waals surface area contributed by atoms with Crippen molar-refractivity contribution >= 4 is 5.69 Å². The van der Waals surface area contributed by atoms with Gasteiger partial charge in [-0.25, -0.2) is 0 Å². The van der Waals surface area contributed by atoms with Gasteiger partial charge in [-0.3, -0.25) is 4.79 Å². The molecule has 4 nitrogen and oxygen atoms in total. The minimum absolute atomic E-state index is 0.248. The van der Waals surface area contributed by atoms with E-state index in [0.717, 1.165) is 6.26 Å². The number of rotatable bonds is 2. The van der Waals surface area contributed by atoms with Crippen molar-refractivity contribution in [3.63, 3.8) is 0 Å². The zero-order valence-electron chi connectivity index (χ0n) is 7.15. The van der Waals surface area contributed by atoms with Crippen molar-refractivity contribution in [2.75, 3.05) is 18.5 Å². The SMILES string of the molecule is C#CCN(C)c1cocc(O)c1=O. The van der Waals surface area contributed by atoms with Crippen LogP contribution in [0.2, 0.25) is 0 Å². The Labute approximate surface area is 75.4 Å². The van der Waals surface area contributed by atoms with Gasteiger partial charge in [-0.2, -0.15) is 0 Å². The van der Waals surface area contributed by atoms with E-state index in [1.165, 1.54) is 11.2 Å². The third-order valence-electron chi connectivity index (χ3n) is 1.56. The minimum Gasteiger partial charge on any atom is -0.502 e. The van der Waals surface area contributed by atoms with Gasteiger partial charge >= 0.3 is 0 Å². The quantitative estimate of drug-likeness (QED) is 0.668. The van der Waals surface area contributed by atoms with Gasteiger partial charge in [0.25, 0.3) is 0 Å². The molecule has 0 aliphatic carbocycles. The zero-order valence-corrected chi connectivity index (χ0v) is 7.15. The van der Waals surface area contributed by atoms with Gasteiger partial charge in [0.1, 0.15) is 18.2 Å². The number of terminal acetylenes is 1. The lowest BCUT2D eigenvalue weighted by Gasteiger charge is -2.13. The van der Waals surface area contributed by atoms with Crippen LogP contribution in [-0.4, -0.2) is 18.7 Å². The summed E-state index contributed by atoms with van der Waals surface area (Å²) in [6.45, 7) is 0.286. The van der Waals surface area contributed by atoms with Crippen molar-refractivity contribution in [2.24, 2.45) is 0 Å². The Balaban J connectivity index is 3.10. The molecular weight excluding hydrogens is 170 g/mol. The van der Waals surface area contributed by atoms with E-state index in [1.807, 2.05) is 0 Å². The van der Waals surface area contributed by atoms with E-state index >= 15 is 0 Å². The fourth-order valence-corrected chi connectivity index (χ4v) is 0.887. The fourth-order valence-electron chi connectivity index (χ4n) is 0.887. The smallest absolute Gasteiger partial charge is 0.249 e. The molecule has 0 spiro atoms. The van der Waals surface area contributed by atoms with Crippen LogP contribution < -0.4 is 10.3 Å². The number of aromatic hydroxyl groups is 1. The monoisotopic (exact) mass is 179 g/mol. The predicted molar refractivity (Wildman–Crippen MR) is 48.7 cm³/mol. The van der Waals surface area contributed by atoms with Gasteiger partial charge < -0.3 is 14.4 Å². The van der Waals surface area contributed by atoms with Crippen LogP contribution in [0.25, 0.3) is 0 Å². The van der Waals surface area contributed by atoms with E-state index in [1.54, 1.807) is 7.05 Å². The maximum atomic E-state index is 11.3. The molecule has 0 bridgehead atoms. The maximum absolute atomic E-state index is 11.3. The van der Waals surface area contributed by atoms with Gasteiger partial charge in [0.2, 0.25) is 11.2 Å². The molecule has 0 saturated heterocycles. The van der Waals surface area contributed by atoms with Gasteiger partial charge in [-0.15, -0.1) is 6.42 Å². The Morgan fingerprint density at radius 3 is 3.00 bits per heavy atom. The number of anilines is 1. The van der Waals surface area contributed by atoms with E-state index in [9.17, 15) is 4.79 Å². The van der Waals surface area contributed by atoms with Crippen LogP contribution in [-0.2, 0) is 0 Å². The molecule has 0 aliphatic heterocycles. The molecule has 4 heteroatoms. The maximum Gasteiger partial charge on any atom is 0.249 e. The van der Waals surface area contributed by atoms with Gasteiger partial charge in [0.05, 0.1) is 6.54 Å². The molecule has 0 radical (unpaired) electrons. The Hall–Kier alpha value is -1.89. The Kier molecular flexibility index (Phi) is 2.60. The van der Waals surface area contributed by atoms with Crippen LogP contribution in [0, 0.1) is 12.3 Å². The van der Waals surface area contributed by atoms with Crippen LogP contribution in [0.5, 0.6) is 5.75 Å². The van der Waals surface area contributed by atoms with Crippen molar-refractivity contribution in [1.82, 2.24) is 0 Å². The molecule has 68 valence electrons. The zero-order chi connectivity index (χ0) is 9.84. The van der Waals surface area contributed by atoms with Crippen LogP contribution in [0.3, 0.4) is 0 Å². The lowest BCUT2D eigenvalue weighted by atomic mass is 10.3. The third-order valence-corrected chi connectivity index (χ3v) is 1.56. The van der Waals surface area contributed by atoms with Gasteiger partial charge in [-0.1, -0.05) is 5.92 Å². The topological polar surface area (TPSA) is 53.7 Å². The molecule has 1 rings (SSSR count). The summed E-state index contributed by atoms with van der Waals surface area (Å²) in [4.78, 5) is 12.8. The third kappa shape index (κ3) is 1.82. The highest BCUT2D eigenvalue weighted by Gasteiger charge is 2.08. The first-order valence-electron chi connectivity index (χ1n) is 3.61. The second-order valence-electron chi connectivity index (χ2n) is 2.53. The van der Waals surface area contributed by atoms with Crippen molar-refractivity contribution in [3.8, 4) is 18.1 Å². The van der Waals surface area contributed by atoms with Crippen LogP contribution in [0.4, 0.5) is 5.69 Å². The molecule has 1 N–H and O–H groups in total. The highest BCUT2D eigenvalue weighted by Crippen LogP contribution is 2.10. The summed E-state index contributed by atoms with van der Waals surface area (Å²) in [6.07, 6.45) is 7.30. The van der Waals surface area contributed by atoms with E-state index in [0.29, 0.717) is 0 Å². The molecule has 1 aromatic rings. The highest BCUT2D eigenvalue weighted by atomic mass is 16.3. The molecule has 0 aromatic carbocycles. The molecule has 13 heavy (non-hydrogen) atoms. The van der Waals surface area contributed by atoms with Gasteiger partial charge in [0.15, 0.2) is 0 Å². The number of hydrogen-bond acceptors (Lipinski definition) is 4. The minimum atomic E-state index is -0.482. The summed E-state index contributed by atoms with van der Waals surface area (Å²) in [6, 6.07) is 0. The van der Waals surface area contributed by atoms with E-state index in [4.69, 9.17) is 15.9 Å². The Morgan fingerprint density at radius 2 is 2.38 bits per heavy atom. The molecule has 1 aromatic heterocycles. The summed E-state index contributed by atoms with van der Waals surface area (Å²) in [7, 11) is 1.64. The first-order chi connectivity index (χ1) is 6.16. The second-order valence-corrected chi connectivity index (χ2v) is 2.53. The van der Waals surface area contributed by atoms with E-state index in [-0.39, 0.29) is 12.2 Å². The molecule has 0 aliphatic rings. The summed E-state index contributed by atoms with van der Waals surface area (Å²) in [5.74, 6) is 1.96. The molecule has 1 heterocycles. The van der Waals surface area contributed by atoms with Crippen molar-refractivity contribution in [3.05, 3.63) is 22.7 Å². The van der Waals surface area contributed by atoms with E-state index < -0.39 is 11.2 Å². The van der Waals surface area contributed by atoms with Crippen LogP contribution in [0.1, 0.15) is 0 Å². The van der Waals surface area contributed by atoms with Crippen molar-refractivity contribution in [2.45, 2.75) is 0 Å². The fraction of sp³-hybridized carbons (Fsp3) is 0.222. The average molecular weight is 179 g/mol. The van der Waals surface area contributed by atoms with Crippen LogP contribution in [0.15, 0.2) is 21.7 Å². The summed E-state index contributed by atoms with van der Waals surface area (Å²) in [5, 5.41) is 9.03. The van der Waals surface area contributed by atoms with Gasteiger partial charge in [0, 0.05) is 7.05 Å². The van der Waals surface area contributed by atoms with Crippen LogP contribution >= 0.6 is 0 Å². The number of nitrogens with zero attached hydrogens (tertiary/aromatic N) is 1. The molecule has 0 atom stereocenters. The average Bonchev–Trinajstić information content (AvgIpc) is 2.10.